The molecule has 0 fully saturated rings. The van der Waals surface area contributed by atoms with Gasteiger partial charge in [-0.05, 0) is 68.5 Å². The molecule has 5 nitrogen and oxygen atoms in total. The molecule has 0 aromatic heterocycles. The van der Waals surface area contributed by atoms with Crippen molar-refractivity contribution in [3.05, 3.63) is 33.4 Å². The molecule has 0 atom stereocenters. The normalized spacial score (nSPS) is 12.0. The van der Waals surface area contributed by atoms with Crippen LogP contribution in [0.15, 0.2) is 29.4 Å². The van der Waals surface area contributed by atoms with Crippen LogP contribution in [0.4, 0.5) is 0 Å². The van der Waals surface area contributed by atoms with Crippen LogP contribution in [0.3, 0.4) is 0 Å². The summed E-state index contributed by atoms with van der Waals surface area (Å²) in [5.41, 5.74) is 3.27. The Morgan fingerprint density at radius 3 is 2.52 bits per heavy atom. The number of benzene rings is 1. The van der Waals surface area contributed by atoms with E-state index in [1.165, 1.54) is 0 Å². The van der Waals surface area contributed by atoms with E-state index in [2.05, 4.69) is 38.4 Å². The van der Waals surface area contributed by atoms with Gasteiger partial charge >= 0.3 is 0 Å². The number of carbonyl (C=O) groups excluding carboxylic acids is 2. The van der Waals surface area contributed by atoms with Crippen LogP contribution >= 0.6 is 22.6 Å². The molecule has 0 saturated heterocycles. The summed E-state index contributed by atoms with van der Waals surface area (Å²) in [7, 11) is 0. The summed E-state index contributed by atoms with van der Waals surface area (Å²) in [6, 6.07) is 7.20. The van der Waals surface area contributed by atoms with Crippen LogP contribution in [0.1, 0.15) is 44.5 Å². The van der Waals surface area contributed by atoms with E-state index in [9.17, 15) is 9.59 Å². The van der Waals surface area contributed by atoms with Gasteiger partial charge in [0.05, 0.1) is 6.42 Å². The lowest BCUT2D eigenvalue weighted by Gasteiger charge is -2.20. The zero-order valence-electron chi connectivity index (χ0n) is 12.7. The zero-order chi connectivity index (χ0) is 16.0. The molecule has 0 bridgehead atoms. The van der Waals surface area contributed by atoms with Crippen molar-refractivity contribution in [2.24, 2.45) is 5.10 Å². The van der Waals surface area contributed by atoms with Crippen molar-refractivity contribution in [3.8, 4) is 0 Å². The Balaban J connectivity index is 2.56. The number of hydrazone groups is 1. The molecular weight excluding hydrogens is 381 g/mol. The smallest absolute Gasteiger partial charge is 0.271 e. The van der Waals surface area contributed by atoms with Gasteiger partial charge in [0.15, 0.2) is 0 Å². The molecule has 1 rings (SSSR count). The van der Waals surface area contributed by atoms with Crippen LogP contribution in [0.5, 0.6) is 0 Å². The number of halogens is 1. The van der Waals surface area contributed by atoms with Gasteiger partial charge in [-0.2, -0.15) is 5.10 Å². The molecule has 0 aliphatic rings. The third-order valence-corrected chi connectivity index (χ3v) is 3.04. The van der Waals surface area contributed by atoms with E-state index in [0.29, 0.717) is 11.3 Å². The average Bonchev–Trinajstić information content (AvgIpc) is 2.33. The fourth-order valence-corrected chi connectivity index (χ4v) is 2.12. The average molecular weight is 401 g/mol. The van der Waals surface area contributed by atoms with Crippen LogP contribution < -0.4 is 10.7 Å². The van der Waals surface area contributed by atoms with Crippen molar-refractivity contribution in [2.45, 2.75) is 39.7 Å². The van der Waals surface area contributed by atoms with Crippen LogP contribution in [0, 0.1) is 3.57 Å². The van der Waals surface area contributed by atoms with E-state index in [1.54, 1.807) is 19.1 Å². The van der Waals surface area contributed by atoms with Gasteiger partial charge in [-0.3, -0.25) is 9.59 Å². The van der Waals surface area contributed by atoms with Crippen LogP contribution in [-0.4, -0.2) is 23.1 Å². The first-order valence-corrected chi connectivity index (χ1v) is 7.65. The molecule has 0 heterocycles. The molecule has 1 aromatic rings. The Morgan fingerprint density at radius 1 is 1.29 bits per heavy atom. The Labute approximate surface area is 138 Å². The molecule has 0 saturated carbocycles. The van der Waals surface area contributed by atoms with Crippen molar-refractivity contribution in [3.63, 3.8) is 0 Å². The summed E-state index contributed by atoms with van der Waals surface area (Å²) in [4.78, 5) is 23.6. The predicted octanol–water partition coefficient (Wildman–Crippen LogP) is 2.70. The quantitative estimate of drug-likeness (QED) is 0.463. The maximum atomic E-state index is 11.9. The molecule has 1 aromatic carbocycles. The number of hydrogen-bond acceptors (Lipinski definition) is 3. The number of carbonyl (C=O) groups is 2. The van der Waals surface area contributed by atoms with E-state index in [0.717, 1.165) is 3.57 Å². The molecule has 0 aliphatic carbocycles. The second-order valence-electron chi connectivity index (χ2n) is 5.77. The number of rotatable bonds is 4. The van der Waals surface area contributed by atoms with Crippen molar-refractivity contribution in [1.29, 1.82) is 0 Å². The van der Waals surface area contributed by atoms with Crippen molar-refractivity contribution < 1.29 is 9.59 Å². The molecular formula is C15H20IN3O2. The van der Waals surface area contributed by atoms with Gasteiger partial charge in [-0.25, -0.2) is 5.43 Å². The zero-order valence-corrected chi connectivity index (χ0v) is 14.8. The standard InChI is InChI=1S/C15H20IN3O2/c1-10(8-13(20)17-15(2,3)4)18-19-14(21)11-6-5-7-12(16)9-11/h5-7,9H,8H2,1-4H3,(H,17,20)(H,19,21)/b18-10+. The summed E-state index contributed by atoms with van der Waals surface area (Å²) in [6.07, 6.45) is 0.157. The van der Waals surface area contributed by atoms with Gasteiger partial charge in [0.25, 0.3) is 5.91 Å². The van der Waals surface area contributed by atoms with Gasteiger partial charge in [0.1, 0.15) is 0 Å². The molecule has 0 aliphatic heterocycles. The first kappa shape index (κ1) is 17.6. The van der Waals surface area contributed by atoms with Crippen LogP contribution in [0.2, 0.25) is 0 Å². The number of amides is 2. The minimum Gasteiger partial charge on any atom is -0.351 e. The summed E-state index contributed by atoms with van der Waals surface area (Å²) in [5, 5.41) is 6.80. The maximum absolute atomic E-state index is 11.9. The highest BCUT2D eigenvalue weighted by atomic mass is 127. The second-order valence-corrected chi connectivity index (χ2v) is 7.02. The van der Waals surface area contributed by atoms with E-state index in [-0.39, 0.29) is 23.8 Å². The Hall–Kier alpha value is -1.44. The summed E-state index contributed by atoms with van der Waals surface area (Å²) in [6.45, 7) is 7.44. The van der Waals surface area contributed by atoms with E-state index in [4.69, 9.17) is 0 Å². The summed E-state index contributed by atoms with van der Waals surface area (Å²) in [5.74, 6) is -0.406. The van der Waals surface area contributed by atoms with E-state index < -0.39 is 0 Å². The predicted molar refractivity (Wildman–Crippen MR) is 92.2 cm³/mol. The summed E-state index contributed by atoms with van der Waals surface area (Å²) < 4.78 is 0.977. The van der Waals surface area contributed by atoms with Crippen molar-refractivity contribution in [2.75, 3.05) is 0 Å². The topological polar surface area (TPSA) is 70.6 Å². The first-order chi connectivity index (χ1) is 9.67. The first-order valence-electron chi connectivity index (χ1n) is 6.57. The van der Waals surface area contributed by atoms with Gasteiger partial charge in [0.2, 0.25) is 5.91 Å². The Bertz CT molecular complexity index is 562. The highest BCUT2D eigenvalue weighted by Crippen LogP contribution is 2.07. The van der Waals surface area contributed by atoms with Crippen LogP contribution in [0.25, 0.3) is 0 Å². The molecule has 2 N–H and O–H groups in total. The lowest BCUT2D eigenvalue weighted by Crippen LogP contribution is -2.41. The van der Waals surface area contributed by atoms with Gasteiger partial charge in [0, 0.05) is 20.4 Å². The third-order valence-electron chi connectivity index (χ3n) is 2.37. The van der Waals surface area contributed by atoms with Crippen molar-refractivity contribution in [1.82, 2.24) is 10.7 Å². The van der Waals surface area contributed by atoms with E-state index in [1.807, 2.05) is 32.9 Å². The summed E-state index contributed by atoms with van der Waals surface area (Å²) >= 11 is 2.14. The molecule has 6 heteroatoms. The molecule has 0 unspecified atom stereocenters. The van der Waals surface area contributed by atoms with Gasteiger partial charge < -0.3 is 5.32 Å². The number of hydrogen-bond donors (Lipinski definition) is 2. The fourth-order valence-electron chi connectivity index (χ4n) is 1.57. The van der Waals surface area contributed by atoms with Gasteiger partial charge in [-0.15, -0.1) is 0 Å². The lowest BCUT2D eigenvalue weighted by molar-refractivity contribution is -0.121. The minimum absolute atomic E-state index is 0.118. The van der Waals surface area contributed by atoms with Crippen LogP contribution in [-0.2, 0) is 4.79 Å². The number of nitrogens with one attached hydrogen (secondary N) is 2. The van der Waals surface area contributed by atoms with Crippen molar-refractivity contribution >= 4 is 40.1 Å². The lowest BCUT2D eigenvalue weighted by atomic mass is 10.1. The van der Waals surface area contributed by atoms with E-state index >= 15 is 0 Å². The molecule has 0 spiro atoms. The molecule has 0 radical (unpaired) electrons. The maximum Gasteiger partial charge on any atom is 0.271 e. The highest BCUT2D eigenvalue weighted by Gasteiger charge is 2.14. The molecule has 2 amide bonds. The number of nitrogens with zero attached hydrogens (tertiary/aromatic N) is 1. The van der Waals surface area contributed by atoms with Gasteiger partial charge in [-0.1, -0.05) is 6.07 Å². The largest absolute Gasteiger partial charge is 0.351 e. The Kier molecular flexibility index (Phi) is 6.32. The highest BCUT2D eigenvalue weighted by molar-refractivity contribution is 14.1. The monoisotopic (exact) mass is 401 g/mol. The second kappa shape index (κ2) is 7.53. The minimum atomic E-state index is -0.288. The third kappa shape index (κ3) is 7.22. The molecule has 21 heavy (non-hydrogen) atoms. The Morgan fingerprint density at radius 2 is 1.95 bits per heavy atom. The SMILES string of the molecule is C/C(CC(=O)NC(C)(C)C)=N\NC(=O)c1cccc(I)c1. The molecule has 114 valence electrons. The fraction of sp³-hybridized carbons (Fsp3) is 0.400.